The van der Waals surface area contributed by atoms with Crippen LogP contribution in [0.4, 0.5) is 5.13 Å². The minimum atomic E-state index is -0.712. The quantitative estimate of drug-likeness (QED) is 0.660. The summed E-state index contributed by atoms with van der Waals surface area (Å²) in [5.41, 5.74) is 0.266. The van der Waals surface area contributed by atoms with E-state index in [2.05, 4.69) is 20.8 Å². The molecule has 0 fully saturated rings. The van der Waals surface area contributed by atoms with E-state index in [-0.39, 0.29) is 16.5 Å². The lowest BCUT2D eigenvalue weighted by Gasteiger charge is -2.17. The number of nitrogens with one attached hydrogen (secondary N) is 2. The fourth-order valence-electron chi connectivity index (χ4n) is 2.05. The van der Waals surface area contributed by atoms with E-state index in [1.54, 1.807) is 17.8 Å². The first-order chi connectivity index (χ1) is 12.4. The van der Waals surface area contributed by atoms with Crippen LogP contribution in [0.25, 0.3) is 0 Å². The van der Waals surface area contributed by atoms with Crippen LogP contribution in [-0.2, 0) is 11.2 Å². The summed E-state index contributed by atoms with van der Waals surface area (Å²) in [6.45, 7) is 1.96. The van der Waals surface area contributed by atoms with E-state index in [0.717, 1.165) is 11.4 Å². The Hall–Kier alpha value is -1.35. The van der Waals surface area contributed by atoms with Gasteiger partial charge in [0, 0.05) is 5.02 Å². The van der Waals surface area contributed by atoms with E-state index in [1.165, 1.54) is 23.5 Å². The minimum Gasteiger partial charge on any atom is -0.340 e. The number of carbonyl (C=O) groups excluding carboxylic acids is 2. The van der Waals surface area contributed by atoms with Crippen molar-refractivity contribution >= 4 is 63.2 Å². The van der Waals surface area contributed by atoms with E-state index in [4.69, 9.17) is 23.2 Å². The molecule has 1 aromatic heterocycles. The predicted octanol–water partition coefficient (Wildman–Crippen LogP) is 3.90. The number of aromatic nitrogens is 2. The number of carbonyl (C=O) groups is 2. The number of thioether (sulfide) groups is 1. The van der Waals surface area contributed by atoms with Gasteiger partial charge in [0.1, 0.15) is 11.0 Å². The molecule has 0 aliphatic carbocycles. The summed E-state index contributed by atoms with van der Waals surface area (Å²) >= 11 is 14.8. The summed E-state index contributed by atoms with van der Waals surface area (Å²) < 4.78 is 0. The second kappa shape index (κ2) is 10.1. The molecule has 0 unspecified atom stereocenters. The lowest BCUT2D eigenvalue weighted by molar-refractivity contribution is -0.118. The standard InChI is InChI=1S/C16H18Cl2N4O2S2/c1-3-13-21-22-16(26-13)20-15(24)12(6-7-25-2)19-14(23)10-5-4-9(17)8-11(10)18/h4-5,8,12H,3,6-7H2,1-2H3,(H,19,23)(H,20,22,24)/t12-/m0/s1. The number of rotatable bonds is 8. The second-order valence-corrected chi connectivity index (χ2v) is 8.17. The summed E-state index contributed by atoms with van der Waals surface area (Å²) in [5.74, 6) is -0.0565. The summed E-state index contributed by atoms with van der Waals surface area (Å²) in [6, 6.07) is 3.88. The SMILES string of the molecule is CCc1nnc(NC(=O)[C@H](CCSC)NC(=O)c2ccc(Cl)cc2Cl)s1. The minimum absolute atomic E-state index is 0.232. The first kappa shape index (κ1) is 21.0. The molecule has 6 nitrogen and oxygen atoms in total. The van der Waals surface area contributed by atoms with Gasteiger partial charge in [0.15, 0.2) is 0 Å². The van der Waals surface area contributed by atoms with Crippen LogP contribution in [0.2, 0.25) is 10.0 Å². The van der Waals surface area contributed by atoms with Crippen LogP contribution in [0.15, 0.2) is 18.2 Å². The lowest BCUT2D eigenvalue weighted by Crippen LogP contribution is -2.44. The number of benzene rings is 1. The van der Waals surface area contributed by atoms with Crippen molar-refractivity contribution in [3.63, 3.8) is 0 Å². The van der Waals surface area contributed by atoms with Crippen LogP contribution in [0.5, 0.6) is 0 Å². The zero-order valence-corrected chi connectivity index (χ0v) is 17.4. The molecular weight excluding hydrogens is 415 g/mol. The summed E-state index contributed by atoms with van der Waals surface area (Å²) in [4.78, 5) is 25.1. The van der Waals surface area contributed by atoms with Crippen LogP contribution < -0.4 is 10.6 Å². The van der Waals surface area contributed by atoms with E-state index in [1.807, 2.05) is 13.2 Å². The van der Waals surface area contributed by atoms with Gasteiger partial charge in [0.25, 0.3) is 5.91 Å². The molecule has 0 bridgehead atoms. The molecule has 2 rings (SSSR count). The first-order valence-electron chi connectivity index (χ1n) is 7.82. The van der Waals surface area contributed by atoms with E-state index in [9.17, 15) is 9.59 Å². The third-order valence-corrected chi connectivity index (χ3v) is 5.58. The Morgan fingerprint density at radius 1 is 1.31 bits per heavy atom. The molecule has 0 radical (unpaired) electrons. The van der Waals surface area contributed by atoms with Gasteiger partial charge in [0.2, 0.25) is 11.0 Å². The van der Waals surface area contributed by atoms with Crippen molar-refractivity contribution in [2.45, 2.75) is 25.8 Å². The molecule has 1 aromatic carbocycles. The Morgan fingerprint density at radius 2 is 2.08 bits per heavy atom. The number of halogens is 2. The Kier molecular flexibility index (Phi) is 8.15. The third kappa shape index (κ3) is 5.84. The predicted molar refractivity (Wildman–Crippen MR) is 109 cm³/mol. The van der Waals surface area contributed by atoms with Gasteiger partial charge in [-0.3, -0.25) is 14.9 Å². The fourth-order valence-corrected chi connectivity index (χ4v) is 3.70. The Bertz CT molecular complexity index is 785. The topological polar surface area (TPSA) is 84.0 Å². The van der Waals surface area contributed by atoms with Gasteiger partial charge in [0.05, 0.1) is 10.6 Å². The van der Waals surface area contributed by atoms with Crippen molar-refractivity contribution in [2.75, 3.05) is 17.3 Å². The number of nitrogens with zero attached hydrogens (tertiary/aromatic N) is 2. The highest BCUT2D eigenvalue weighted by Crippen LogP contribution is 2.21. The smallest absolute Gasteiger partial charge is 0.253 e. The fraction of sp³-hybridized carbons (Fsp3) is 0.375. The number of amides is 2. The Labute approximate surface area is 170 Å². The van der Waals surface area contributed by atoms with Gasteiger partial charge in [-0.25, -0.2) is 0 Å². The number of aryl methyl sites for hydroxylation is 1. The molecule has 140 valence electrons. The van der Waals surface area contributed by atoms with Crippen LogP contribution in [-0.4, -0.2) is 40.1 Å². The lowest BCUT2D eigenvalue weighted by atomic mass is 10.1. The van der Waals surface area contributed by atoms with Gasteiger partial charge < -0.3 is 5.32 Å². The number of anilines is 1. The van der Waals surface area contributed by atoms with E-state index < -0.39 is 11.9 Å². The zero-order chi connectivity index (χ0) is 19.1. The maximum Gasteiger partial charge on any atom is 0.253 e. The molecule has 1 atom stereocenters. The van der Waals surface area contributed by atoms with Gasteiger partial charge in [-0.05, 0) is 43.0 Å². The molecule has 2 amide bonds. The molecule has 2 N–H and O–H groups in total. The second-order valence-electron chi connectivity index (χ2n) is 5.28. The summed E-state index contributed by atoms with van der Waals surface area (Å²) in [5, 5.41) is 15.3. The van der Waals surface area contributed by atoms with Gasteiger partial charge in [-0.15, -0.1) is 10.2 Å². The monoisotopic (exact) mass is 432 g/mol. The maximum atomic E-state index is 12.6. The van der Waals surface area contributed by atoms with Crippen molar-refractivity contribution in [3.8, 4) is 0 Å². The molecule has 10 heteroatoms. The average Bonchev–Trinajstić information content (AvgIpc) is 3.05. The largest absolute Gasteiger partial charge is 0.340 e. The van der Waals surface area contributed by atoms with Crippen molar-refractivity contribution < 1.29 is 9.59 Å². The van der Waals surface area contributed by atoms with Crippen molar-refractivity contribution in [1.82, 2.24) is 15.5 Å². The van der Waals surface area contributed by atoms with Crippen molar-refractivity contribution in [1.29, 1.82) is 0 Å². The Morgan fingerprint density at radius 3 is 2.69 bits per heavy atom. The molecule has 0 aliphatic rings. The zero-order valence-electron chi connectivity index (χ0n) is 14.2. The maximum absolute atomic E-state index is 12.6. The normalized spacial score (nSPS) is 11.8. The molecule has 0 spiro atoms. The highest BCUT2D eigenvalue weighted by molar-refractivity contribution is 7.98. The average molecular weight is 433 g/mol. The van der Waals surface area contributed by atoms with Gasteiger partial charge in [-0.2, -0.15) is 11.8 Å². The van der Waals surface area contributed by atoms with Crippen LogP contribution in [0.1, 0.15) is 28.7 Å². The molecule has 0 saturated heterocycles. The first-order valence-corrected chi connectivity index (χ1v) is 10.8. The highest BCUT2D eigenvalue weighted by atomic mass is 35.5. The number of hydrogen-bond donors (Lipinski definition) is 2. The molecule has 0 saturated carbocycles. The van der Waals surface area contributed by atoms with Crippen LogP contribution >= 0.6 is 46.3 Å². The van der Waals surface area contributed by atoms with Crippen molar-refractivity contribution in [2.24, 2.45) is 0 Å². The third-order valence-electron chi connectivity index (χ3n) is 3.41. The summed E-state index contributed by atoms with van der Waals surface area (Å²) in [6.07, 6.45) is 3.16. The number of hydrogen-bond acceptors (Lipinski definition) is 6. The highest BCUT2D eigenvalue weighted by Gasteiger charge is 2.23. The molecular formula is C16H18Cl2N4O2S2. The molecule has 0 aliphatic heterocycles. The van der Waals surface area contributed by atoms with Crippen LogP contribution in [0, 0.1) is 0 Å². The van der Waals surface area contributed by atoms with Gasteiger partial charge >= 0.3 is 0 Å². The van der Waals surface area contributed by atoms with Crippen LogP contribution in [0.3, 0.4) is 0 Å². The van der Waals surface area contributed by atoms with Crippen molar-refractivity contribution in [3.05, 3.63) is 38.8 Å². The molecule has 26 heavy (non-hydrogen) atoms. The molecule has 1 heterocycles. The Balaban J connectivity index is 2.09. The van der Waals surface area contributed by atoms with E-state index in [0.29, 0.717) is 22.3 Å². The van der Waals surface area contributed by atoms with Gasteiger partial charge in [-0.1, -0.05) is 41.5 Å². The van der Waals surface area contributed by atoms with E-state index >= 15 is 0 Å². The summed E-state index contributed by atoms with van der Waals surface area (Å²) in [7, 11) is 0. The molecule has 2 aromatic rings.